The second kappa shape index (κ2) is 8.80. The summed E-state index contributed by atoms with van der Waals surface area (Å²) in [6.07, 6.45) is 5.75. The van der Waals surface area contributed by atoms with Gasteiger partial charge in [0.2, 0.25) is 0 Å². The van der Waals surface area contributed by atoms with E-state index in [4.69, 9.17) is 4.74 Å². The third kappa shape index (κ3) is 4.25. The molecule has 4 rings (SSSR count). The zero-order valence-corrected chi connectivity index (χ0v) is 16.5. The quantitative estimate of drug-likeness (QED) is 0.620. The summed E-state index contributed by atoms with van der Waals surface area (Å²) in [5, 5.41) is 11.2. The van der Waals surface area contributed by atoms with E-state index in [0.29, 0.717) is 6.54 Å². The van der Waals surface area contributed by atoms with E-state index in [1.165, 1.54) is 0 Å². The Balaban J connectivity index is 1.61. The van der Waals surface area contributed by atoms with Gasteiger partial charge in [-0.3, -0.25) is 0 Å². The highest BCUT2D eigenvalue weighted by atomic mass is 16.5. The third-order valence-corrected chi connectivity index (χ3v) is 5.31. The van der Waals surface area contributed by atoms with Gasteiger partial charge < -0.3 is 14.7 Å². The molecule has 0 aromatic heterocycles. The van der Waals surface area contributed by atoms with Crippen LogP contribution in [0.2, 0.25) is 0 Å². The number of hydrogen-bond donors (Lipinski definition) is 1. The molecule has 0 saturated heterocycles. The first-order chi connectivity index (χ1) is 14.3. The van der Waals surface area contributed by atoms with Crippen LogP contribution < -0.4 is 4.74 Å². The molecule has 0 radical (unpaired) electrons. The Kier molecular flexibility index (Phi) is 5.78. The summed E-state index contributed by atoms with van der Waals surface area (Å²) >= 11 is 0. The molecule has 1 N–H and O–H groups in total. The normalized spacial score (nSPS) is 15.5. The van der Waals surface area contributed by atoms with Gasteiger partial charge in [0.15, 0.2) is 0 Å². The molecule has 3 aromatic rings. The third-order valence-electron chi connectivity index (χ3n) is 5.31. The Bertz CT molecular complexity index is 995. The number of rotatable bonds is 6. The molecular weight excluding hydrogens is 358 g/mol. The summed E-state index contributed by atoms with van der Waals surface area (Å²) in [4.78, 5) is 2.19. The largest absolute Gasteiger partial charge is 0.497 e. The van der Waals surface area contributed by atoms with Crippen LogP contribution in [0.3, 0.4) is 0 Å². The summed E-state index contributed by atoms with van der Waals surface area (Å²) in [5.41, 5.74) is 4.28. The lowest BCUT2D eigenvalue weighted by atomic mass is 9.93. The summed E-state index contributed by atoms with van der Waals surface area (Å²) in [6, 6.07) is 28.0. The van der Waals surface area contributed by atoms with Crippen LogP contribution in [-0.4, -0.2) is 23.7 Å². The molecule has 3 aromatic carbocycles. The Morgan fingerprint density at radius 3 is 2.17 bits per heavy atom. The number of methoxy groups -OCH3 is 1. The molecule has 3 heteroatoms. The van der Waals surface area contributed by atoms with E-state index in [9.17, 15) is 5.11 Å². The van der Waals surface area contributed by atoms with Crippen molar-refractivity contribution in [1.82, 2.24) is 4.90 Å². The highest BCUT2D eigenvalue weighted by molar-refractivity contribution is 5.75. The summed E-state index contributed by atoms with van der Waals surface area (Å²) in [5.74, 6) is 0.848. The van der Waals surface area contributed by atoms with Crippen molar-refractivity contribution < 1.29 is 9.84 Å². The molecule has 0 saturated carbocycles. The minimum Gasteiger partial charge on any atom is -0.497 e. The zero-order chi connectivity index (χ0) is 20.1. The number of aliphatic hydroxyl groups excluding tert-OH is 1. The van der Waals surface area contributed by atoms with E-state index in [0.717, 1.165) is 28.0 Å². The van der Waals surface area contributed by atoms with Crippen LogP contribution in [0.1, 0.15) is 28.8 Å². The molecule has 0 bridgehead atoms. The van der Waals surface area contributed by atoms with Crippen LogP contribution in [-0.2, 0) is 0 Å². The van der Waals surface area contributed by atoms with E-state index >= 15 is 0 Å². The molecule has 29 heavy (non-hydrogen) atoms. The van der Waals surface area contributed by atoms with Gasteiger partial charge in [-0.1, -0.05) is 78.9 Å². The average molecular weight is 383 g/mol. The number of hydrogen-bond acceptors (Lipinski definition) is 3. The molecule has 2 atom stereocenters. The fourth-order valence-corrected chi connectivity index (χ4v) is 3.77. The fraction of sp³-hybridized carbons (Fsp3) is 0.154. The minimum atomic E-state index is -0.630. The maximum absolute atomic E-state index is 11.2. The topological polar surface area (TPSA) is 32.7 Å². The standard InChI is InChI=1S/C26H25NO2/c1-29-24-14-8-13-23(19-24)20-15-17-27(18-16-20)25(21-9-4-2-5-10-21)26(28)22-11-6-3-7-12-22/h2-17,19,25-26,28H,18H2,1H3/t25-,26+/m0/s1. The summed E-state index contributed by atoms with van der Waals surface area (Å²) < 4.78 is 5.35. The lowest BCUT2D eigenvalue weighted by Gasteiger charge is -2.35. The molecule has 0 fully saturated rings. The Hall–Kier alpha value is -3.30. The number of ether oxygens (including phenoxy) is 1. The number of aliphatic hydroxyl groups is 1. The predicted octanol–water partition coefficient (Wildman–Crippen LogP) is 5.38. The van der Waals surface area contributed by atoms with Crippen molar-refractivity contribution >= 4 is 5.57 Å². The van der Waals surface area contributed by atoms with E-state index in [1.54, 1.807) is 7.11 Å². The molecule has 1 heterocycles. The van der Waals surface area contributed by atoms with Crippen molar-refractivity contribution in [1.29, 1.82) is 0 Å². The maximum Gasteiger partial charge on any atom is 0.119 e. The first kappa shape index (κ1) is 19.0. The van der Waals surface area contributed by atoms with Crippen LogP contribution in [0.5, 0.6) is 5.75 Å². The van der Waals surface area contributed by atoms with Gasteiger partial charge in [-0.05, 0) is 40.5 Å². The summed E-state index contributed by atoms with van der Waals surface area (Å²) in [6.45, 7) is 0.715. The summed E-state index contributed by atoms with van der Waals surface area (Å²) in [7, 11) is 1.68. The molecule has 0 amide bonds. The fourth-order valence-electron chi connectivity index (χ4n) is 3.77. The van der Waals surface area contributed by atoms with E-state index in [2.05, 4.69) is 41.5 Å². The Morgan fingerprint density at radius 2 is 1.55 bits per heavy atom. The highest BCUT2D eigenvalue weighted by Gasteiger charge is 2.27. The molecule has 1 aliphatic rings. The van der Waals surface area contributed by atoms with Crippen molar-refractivity contribution in [2.75, 3.05) is 13.7 Å². The molecule has 0 unspecified atom stereocenters. The van der Waals surface area contributed by atoms with Gasteiger partial charge in [-0.2, -0.15) is 0 Å². The first-order valence-electron chi connectivity index (χ1n) is 9.83. The van der Waals surface area contributed by atoms with Crippen LogP contribution in [0, 0.1) is 0 Å². The maximum atomic E-state index is 11.2. The molecule has 1 aliphatic heterocycles. The lowest BCUT2D eigenvalue weighted by molar-refractivity contribution is 0.0780. The Morgan fingerprint density at radius 1 is 0.862 bits per heavy atom. The minimum absolute atomic E-state index is 0.169. The van der Waals surface area contributed by atoms with Crippen molar-refractivity contribution in [3.63, 3.8) is 0 Å². The number of allylic oxidation sites excluding steroid dienone is 2. The van der Waals surface area contributed by atoms with Gasteiger partial charge in [-0.25, -0.2) is 0 Å². The van der Waals surface area contributed by atoms with Crippen LogP contribution in [0.4, 0.5) is 0 Å². The second-order valence-electron chi connectivity index (χ2n) is 7.11. The monoisotopic (exact) mass is 383 g/mol. The van der Waals surface area contributed by atoms with Crippen molar-refractivity contribution in [2.24, 2.45) is 0 Å². The first-order valence-corrected chi connectivity index (χ1v) is 9.83. The van der Waals surface area contributed by atoms with Crippen LogP contribution in [0.15, 0.2) is 103 Å². The van der Waals surface area contributed by atoms with Gasteiger partial charge in [0.1, 0.15) is 11.9 Å². The van der Waals surface area contributed by atoms with Gasteiger partial charge in [0, 0.05) is 12.7 Å². The smallest absolute Gasteiger partial charge is 0.119 e. The van der Waals surface area contributed by atoms with Gasteiger partial charge >= 0.3 is 0 Å². The second-order valence-corrected chi connectivity index (χ2v) is 7.11. The van der Waals surface area contributed by atoms with Crippen LogP contribution >= 0.6 is 0 Å². The average Bonchev–Trinajstić information content (AvgIpc) is 2.81. The molecule has 146 valence electrons. The van der Waals surface area contributed by atoms with E-state index < -0.39 is 6.10 Å². The Labute approximate surface area is 172 Å². The van der Waals surface area contributed by atoms with Crippen molar-refractivity contribution in [2.45, 2.75) is 12.1 Å². The molecule has 3 nitrogen and oxygen atoms in total. The lowest BCUT2D eigenvalue weighted by Crippen LogP contribution is -2.30. The number of nitrogens with zero attached hydrogens (tertiary/aromatic N) is 1. The van der Waals surface area contributed by atoms with Crippen LogP contribution in [0.25, 0.3) is 5.57 Å². The molecule has 0 spiro atoms. The molecule has 0 aliphatic carbocycles. The van der Waals surface area contributed by atoms with E-state index in [1.807, 2.05) is 66.7 Å². The van der Waals surface area contributed by atoms with E-state index in [-0.39, 0.29) is 6.04 Å². The van der Waals surface area contributed by atoms with Crippen molar-refractivity contribution in [3.05, 3.63) is 120 Å². The van der Waals surface area contributed by atoms with Crippen molar-refractivity contribution in [3.8, 4) is 5.75 Å². The molecular formula is C26H25NO2. The van der Waals surface area contributed by atoms with Gasteiger partial charge in [-0.15, -0.1) is 0 Å². The predicted molar refractivity (Wildman–Crippen MR) is 117 cm³/mol. The van der Waals surface area contributed by atoms with Gasteiger partial charge in [0.25, 0.3) is 0 Å². The SMILES string of the molecule is COc1cccc(C2=CCN([C@@H](c3ccccc3)[C@H](O)c3ccccc3)C=C2)c1. The van der Waals surface area contributed by atoms with Gasteiger partial charge in [0.05, 0.1) is 13.2 Å². The highest BCUT2D eigenvalue weighted by Crippen LogP contribution is 2.36. The zero-order valence-electron chi connectivity index (χ0n) is 16.5. The number of benzene rings is 3.